The van der Waals surface area contributed by atoms with Crippen LogP contribution in [0.15, 0.2) is 29.3 Å². The maximum absolute atomic E-state index is 12.6. The number of carbonyl (C=O) groups is 1. The number of carbonyl (C=O) groups excluding carboxylic acids is 1. The van der Waals surface area contributed by atoms with Crippen LogP contribution in [-0.2, 0) is 4.79 Å². The average molecular weight is 494 g/mol. The lowest BCUT2D eigenvalue weighted by molar-refractivity contribution is -0.132. The van der Waals surface area contributed by atoms with Crippen LogP contribution < -0.4 is 10.5 Å². The quantitative estimate of drug-likeness (QED) is 0.596. The van der Waals surface area contributed by atoms with E-state index in [1.165, 1.54) is 5.56 Å². The molecule has 192 valence electrons. The van der Waals surface area contributed by atoms with E-state index in [0.29, 0.717) is 41.5 Å². The standard InChI is InChI=1S/C27H35N5O4/c1-15-29-25(28)23-26(30-15)36-27(2,3)24(31-23)19-10-8-18(9-11-19)17-6-4-16(5-7-17)12-22(35)32-13-20(33)21(34)14-32/h8-11,16-17,20-21,33-34H,4-7,12-14H2,1-3H3,(H2,28,29,30). The highest BCUT2D eigenvalue weighted by atomic mass is 16.5. The van der Waals surface area contributed by atoms with E-state index in [1.807, 2.05) is 13.8 Å². The summed E-state index contributed by atoms with van der Waals surface area (Å²) in [6.07, 6.45) is 2.92. The topological polar surface area (TPSA) is 134 Å². The van der Waals surface area contributed by atoms with Gasteiger partial charge in [-0.1, -0.05) is 24.3 Å². The molecule has 1 saturated heterocycles. The molecule has 2 aromatic rings. The van der Waals surface area contributed by atoms with E-state index in [4.69, 9.17) is 15.5 Å². The van der Waals surface area contributed by atoms with E-state index in [2.05, 4.69) is 34.2 Å². The number of hydrogen-bond donors (Lipinski definition) is 3. The number of fused-ring (bicyclic) bond motifs is 1. The summed E-state index contributed by atoms with van der Waals surface area (Å²) in [5, 5.41) is 19.4. The van der Waals surface area contributed by atoms with Crippen molar-refractivity contribution < 1.29 is 19.7 Å². The molecule has 0 bridgehead atoms. The summed E-state index contributed by atoms with van der Waals surface area (Å²) in [7, 11) is 0. The molecule has 9 heteroatoms. The summed E-state index contributed by atoms with van der Waals surface area (Å²) in [6, 6.07) is 8.52. The van der Waals surface area contributed by atoms with E-state index in [9.17, 15) is 15.0 Å². The molecule has 1 aliphatic carbocycles. The van der Waals surface area contributed by atoms with E-state index in [0.717, 1.165) is 37.0 Å². The van der Waals surface area contributed by atoms with Crippen molar-refractivity contribution in [1.29, 1.82) is 0 Å². The summed E-state index contributed by atoms with van der Waals surface area (Å²) in [6.45, 7) is 6.20. The van der Waals surface area contributed by atoms with Crippen LogP contribution in [0.5, 0.6) is 5.88 Å². The van der Waals surface area contributed by atoms with Gasteiger partial charge in [0.2, 0.25) is 11.8 Å². The van der Waals surface area contributed by atoms with Crippen LogP contribution in [0.25, 0.3) is 0 Å². The Labute approximate surface area is 211 Å². The van der Waals surface area contributed by atoms with Gasteiger partial charge < -0.3 is 25.6 Å². The predicted molar refractivity (Wildman–Crippen MR) is 136 cm³/mol. The molecule has 0 radical (unpaired) electrons. The fraction of sp³-hybridized carbons (Fsp3) is 0.556. The first-order valence-corrected chi connectivity index (χ1v) is 12.8. The molecule has 2 fully saturated rings. The van der Waals surface area contributed by atoms with Crippen LogP contribution in [0.4, 0.5) is 11.5 Å². The second-order valence-corrected chi connectivity index (χ2v) is 10.9. The minimum absolute atomic E-state index is 0.0410. The molecular formula is C27H35N5O4. The molecule has 2 unspecified atom stereocenters. The van der Waals surface area contributed by atoms with E-state index >= 15 is 0 Å². The summed E-state index contributed by atoms with van der Waals surface area (Å²) >= 11 is 0. The molecule has 2 atom stereocenters. The molecular weight excluding hydrogens is 458 g/mol. The highest BCUT2D eigenvalue weighted by molar-refractivity contribution is 6.09. The van der Waals surface area contributed by atoms with Crippen LogP contribution in [0.3, 0.4) is 0 Å². The Hall–Kier alpha value is -3.04. The van der Waals surface area contributed by atoms with Crippen molar-refractivity contribution in [3.05, 3.63) is 41.2 Å². The van der Waals surface area contributed by atoms with E-state index in [1.54, 1.807) is 11.8 Å². The molecule has 1 aromatic carbocycles. The minimum atomic E-state index is -0.825. The third-order valence-electron chi connectivity index (χ3n) is 7.71. The number of rotatable bonds is 4. The Morgan fingerprint density at radius 2 is 1.72 bits per heavy atom. The number of β-amino-alcohol motifs (C(OH)–C–C–N with tert-alkyl or cyclic N) is 2. The second-order valence-electron chi connectivity index (χ2n) is 10.9. The van der Waals surface area contributed by atoms with E-state index < -0.39 is 17.8 Å². The van der Waals surface area contributed by atoms with Gasteiger partial charge in [-0.3, -0.25) is 4.79 Å². The lowest BCUT2D eigenvalue weighted by Crippen LogP contribution is -2.41. The number of nitrogen functional groups attached to an aromatic ring is 1. The first-order valence-electron chi connectivity index (χ1n) is 12.8. The average Bonchev–Trinajstić information content (AvgIpc) is 3.17. The lowest BCUT2D eigenvalue weighted by Gasteiger charge is -2.32. The number of amides is 1. The molecule has 9 nitrogen and oxygen atoms in total. The number of ether oxygens (including phenoxy) is 1. The molecule has 3 heterocycles. The number of aliphatic hydroxyl groups is 2. The van der Waals surface area contributed by atoms with Crippen LogP contribution in [0.1, 0.15) is 68.8 Å². The van der Waals surface area contributed by atoms with Gasteiger partial charge in [0.1, 0.15) is 11.4 Å². The summed E-state index contributed by atoms with van der Waals surface area (Å²) < 4.78 is 6.17. The molecule has 3 aliphatic rings. The van der Waals surface area contributed by atoms with Gasteiger partial charge in [-0.25, -0.2) is 9.98 Å². The predicted octanol–water partition coefficient (Wildman–Crippen LogP) is 2.89. The molecule has 1 amide bonds. The number of nitrogens with two attached hydrogens (primary N) is 1. The minimum Gasteiger partial charge on any atom is -0.463 e. The van der Waals surface area contributed by atoms with Gasteiger partial charge in [-0.05, 0) is 63.9 Å². The van der Waals surface area contributed by atoms with Crippen LogP contribution in [-0.4, -0.2) is 67.6 Å². The SMILES string of the molecule is Cc1nc(N)c2c(n1)OC(C)(C)C(c1ccc(C3CCC(CC(=O)N4CC(O)C(O)C4)CC3)cc1)=N2. The maximum Gasteiger partial charge on any atom is 0.246 e. The van der Waals surface area contributed by atoms with Gasteiger partial charge in [0.05, 0.1) is 17.9 Å². The van der Waals surface area contributed by atoms with Gasteiger partial charge >= 0.3 is 0 Å². The Kier molecular flexibility index (Phi) is 6.46. The number of likely N-dealkylation sites (tertiary alicyclic amines) is 1. The van der Waals surface area contributed by atoms with Crippen molar-refractivity contribution in [1.82, 2.24) is 14.9 Å². The highest BCUT2D eigenvalue weighted by Crippen LogP contribution is 2.41. The number of hydrogen-bond acceptors (Lipinski definition) is 8. The van der Waals surface area contributed by atoms with Gasteiger partial charge in [-0.2, -0.15) is 4.98 Å². The van der Waals surface area contributed by atoms with Crippen molar-refractivity contribution in [2.45, 2.75) is 76.6 Å². The van der Waals surface area contributed by atoms with Gasteiger partial charge in [0.15, 0.2) is 11.5 Å². The smallest absolute Gasteiger partial charge is 0.246 e. The summed E-state index contributed by atoms with van der Waals surface area (Å²) in [4.78, 5) is 27.6. The molecule has 0 spiro atoms. The normalized spacial score (nSPS) is 27.2. The van der Waals surface area contributed by atoms with Crippen LogP contribution in [0.2, 0.25) is 0 Å². The fourth-order valence-electron chi connectivity index (χ4n) is 5.65. The molecule has 1 saturated carbocycles. The zero-order chi connectivity index (χ0) is 25.6. The molecule has 1 aromatic heterocycles. The number of anilines is 1. The molecule has 5 rings (SSSR count). The molecule has 4 N–H and O–H groups in total. The van der Waals surface area contributed by atoms with E-state index in [-0.39, 0.29) is 19.0 Å². The molecule has 36 heavy (non-hydrogen) atoms. The monoisotopic (exact) mass is 493 g/mol. The first-order chi connectivity index (χ1) is 17.1. The number of nitrogens with zero attached hydrogens (tertiary/aromatic N) is 4. The zero-order valence-electron chi connectivity index (χ0n) is 21.1. The third kappa shape index (κ3) is 4.82. The largest absolute Gasteiger partial charge is 0.463 e. The Bertz CT molecular complexity index is 1160. The Morgan fingerprint density at radius 3 is 2.36 bits per heavy atom. The van der Waals surface area contributed by atoms with Crippen LogP contribution in [0, 0.1) is 12.8 Å². The highest BCUT2D eigenvalue weighted by Gasteiger charge is 2.36. The van der Waals surface area contributed by atoms with Crippen molar-refractivity contribution in [3.63, 3.8) is 0 Å². The number of aliphatic hydroxyl groups excluding tert-OH is 2. The number of aromatic nitrogens is 2. The van der Waals surface area contributed by atoms with Gasteiger partial charge in [-0.15, -0.1) is 0 Å². The fourth-order valence-corrected chi connectivity index (χ4v) is 5.65. The number of aryl methyl sites for hydroxylation is 1. The van der Waals surface area contributed by atoms with Crippen molar-refractivity contribution in [3.8, 4) is 5.88 Å². The zero-order valence-corrected chi connectivity index (χ0v) is 21.1. The van der Waals surface area contributed by atoms with Crippen LogP contribution >= 0.6 is 0 Å². The Morgan fingerprint density at radius 1 is 1.08 bits per heavy atom. The van der Waals surface area contributed by atoms with Crippen molar-refractivity contribution >= 4 is 23.1 Å². The number of aliphatic imine (C=N–C) groups is 1. The second kappa shape index (κ2) is 9.44. The van der Waals surface area contributed by atoms with Crippen molar-refractivity contribution in [2.24, 2.45) is 10.9 Å². The summed E-state index contributed by atoms with van der Waals surface area (Å²) in [5.74, 6) is 2.14. The molecule has 2 aliphatic heterocycles. The lowest BCUT2D eigenvalue weighted by atomic mass is 9.77. The third-order valence-corrected chi connectivity index (χ3v) is 7.71. The first kappa shape index (κ1) is 24.6. The van der Waals surface area contributed by atoms with Crippen molar-refractivity contribution in [2.75, 3.05) is 18.8 Å². The Balaban J connectivity index is 1.23. The van der Waals surface area contributed by atoms with Gasteiger partial charge in [0, 0.05) is 25.1 Å². The summed E-state index contributed by atoms with van der Waals surface area (Å²) in [5.41, 5.74) is 8.98. The maximum atomic E-state index is 12.6. The van der Waals surface area contributed by atoms with Gasteiger partial charge in [0.25, 0.3) is 0 Å². The number of benzene rings is 1.